The van der Waals surface area contributed by atoms with Crippen LogP contribution in [0.2, 0.25) is 0 Å². The van der Waals surface area contributed by atoms with Crippen LogP contribution in [-0.2, 0) is 0 Å². The Morgan fingerprint density at radius 2 is 2.21 bits per heavy atom. The van der Waals surface area contributed by atoms with Gasteiger partial charge in [-0.3, -0.25) is 14.0 Å². The van der Waals surface area contributed by atoms with E-state index >= 15 is 0 Å². The van der Waals surface area contributed by atoms with Crippen molar-refractivity contribution in [1.29, 1.82) is 0 Å². The summed E-state index contributed by atoms with van der Waals surface area (Å²) in [6, 6.07) is 7.57. The molecule has 1 heterocycles. The van der Waals surface area contributed by atoms with E-state index in [0.29, 0.717) is 18.8 Å². The van der Waals surface area contributed by atoms with Gasteiger partial charge < -0.3 is 11.1 Å². The second kappa shape index (κ2) is 6.03. The van der Waals surface area contributed by atoms with E-state index < -0.39 is 0 Å². The Balaban J connectivity index is 2.40. The Bertz CT molecular complexity index is 518. The number of para-hydroxylation sites is 1. The van der Waals surface area contributed by atoms with E-state index in [1.165, 1.54) is 0 Å². The molecule has 0 unspecified atom stereocenters. The third kappa shape index (κ3) is 2.87. The highest BCUT2D eigenvalue weighted by Crippen LogP contribution is 2.35. The van der Waals surface area contributed by atoms with Gasteiger partial charge >= 0.3 is 0 Å². The molecule has 1 aliphatic heterocycles. The summed E-state index contributed by atoms with van der Waals surface area (Å²) < 4.78 is 1.70. The van der Waals surface area contributed by atoms with Crippen LogP contribution in [0.4, 0.5) is 5.69 Å². The molecule has 0 saturated carbocycles. The van der Waals surface area contributed by atoms with Crippen LogP contribution >= 0.6 is 16.1 Å². The molecular formula is C12H15BrN4O2. The highest BCUT2D eigenvalue weighted by molar-refractivity contribution is 9.10. The first-order valence-electron chi connectivity index (χ1n) is 5.99. The van der Waals surface area contributed by atoms with E-state index in [4.69, 9.17) is 5.73 Å². The molecule has 0 radical (unpaired) electrons. The molecule has 102 valence electrons. The van der Waals surface area contributed by atoms with Gasteiger partial charge in [-0.05, 0) is 19.0 Å². The molecule has 1 aromatic rings. The summed E-state index contributed by atoms with van der Waals surface area (Å²) in [6.07, 6.45) is 0.773. The lowest BCUT2D eigenvalue weighted by Crippen LogP contribution is -2.30. The number of halogens is 1. The van der Waals surface area contributed by atoms with E-state index in [9.17, 15) is 10.1 Å². The van der Waals surface area contributed by atoms with Gasteiger partial charge in [0, 0.05) is 12.1 Å². The van der Waals surface area contributed by atoms with Gasteiger partial charge in [-0.1, -0.05) is 18.2 Å². The Morgan fingerprint density at radius 1 is 1.47 bits per heavy atom. The molecule has 0 aromatic heterocycles. The number of nitro groups is 1. The summed E-state index contributed by atoms with van der Waals surface area (Å²) in [6.45, 7) is 1.40. The topological polar surface area (TPSA) is 84.4 Å². The van der Waals surface area contributed by atoms with Crippen molar-refractivity contribution in [2.45, 2.75) is 6.42 Å². The summed E-state index contributed by atoms with van der Waals surface area (Å²) in [7, 11) is 0. The summed E-state index contributed by atoms with van der Waals surface area (Å²) in [5, 5.41) is 14.3. The fraction of sp³-hybridized carbons (Fsp3) is 0.333. The minimum atomic E-state index is -0.338. The van der Waals surface area contributed by atoms with Crippen molar-refractivity contribution in [2.24, 2.45) is 5.73 Å². The molecular weight excluding hydrogens is 312 g/mol. The molecule has 7 heteroatoms. The van der Waals surface area contributed by atoms with E-state index in [1.807, 2.05) is 24.3 Å². The molecule has 1 aromatic carbocycles. The van der Waals surface area contributed by atoms with E-state index in [-0.39, 0.29) is 17.2 Å². The van der Waals surface area contributed by atoms with Crippen LogP contribution in [0.5, 0.6) is 0 Å². The summed E-state index contributed by atoms with van der Waals surface area (Å²) >= 11 is 3.35. The summed E-state index contributed by atoms with van der Waals surface area (Å²) in [4.78, 5) is 10.8. The van der Waals surface area contributed by atoms with Crippen LogP contribution in [0, 0.1) is 10.1 Å². The average molecular weight is 327 g/mol. The van der Waals surface area contributed by atoms with Crippen molar-refractivity contribution in [2.75, 3.05) is 23.6 Å². The van der Waals surface area contributed by atoms with Gasteiger partial charge in [-0.2, -0.15) is 0 Å². The minimum Gasteiger partial charge on any atom is -0.379 e. The third-order valence-corrected chi connectivity index (χ3v) is 3.55. The molecule has 0 amide bonds. The third-order valence-electron chi connectivity index (χ3n) is 2.92. The van der Waals surface area contributed by atoms with Crippen molar-refractivity contribution in [3.63, 3.8) is 0 Å². The molecule has 0 bridgehead atoms. The van der Waals surface area contributed by atoms with Crippen LogP contribution < -0.4 is 15.0 Å². The van der Waals surface area contributed by atoms with Crippen LogP contribution in [0.3, 0.4) is 0 Å². The first-order chi connectivity index (χ1) is 9.15. The molecule has 3 N–H and O–H groups in total. The number of benzene rings is 1. The second-order valence-electron chi connectivity index (χ2n) is 4.19. The van der Waals surface area contributed by atoms with Gasteiger partial charge in [0.15, 0.2) is 0 Å². The zero-order valence-corrected chi connectivity index (χ0v) is 11.9. The Morgan fingerprint density at radius 3 is 2.89 bits per heavy atom. The lowest BCUT2D eigenvalue weighted by Gasteiger charge is -2.26. The summed E-state index contributed by atoms with van der Waals surface area (Å²) in [5.41, 5.74) is 7.95. The zero-order valence-electron chi connectivity index (χ0n) is 10.3. The van der Waals surface area contributed by atoms with Gasteiger partial charge in [0.2, 0.25) is 0 Å². The highest BCUT2D eigenvalue weighted by Gasteiger charge is 2.30. The number of rotatable bonds is 5. The van der Waals surface area contributed by atoms with Gasteiger partial charge in [-0.25, -0.2) is 0 Å². The SMILES string of the molecule is NCCCNC1=C([N+](=O)[O-])CN(Br)c2ccccc21. The number of hydrogen-bond acceptors (Lipinski definition) is 5. The van der Waals surface area contributed by atoms with E-state index in [2.05, 4.69) is 21.5 Å². The summed E-state index contributed by atoms with van der Waals surface area (Å²) in [5.74, 6) is 0. The fourth-order valence-corrected chi connectivity index (χ4v) is 2.56. The molecule has 0 spiro atoms. The van der Waals surface area contributed by atoms with Crippen LogP contribution in [-0.4, -0.2) is 24.6 Å². The minimum absolute atomic E-state index is 0.160. The maximum absolute atomic E-state index is 11.2. The van der Waals surface area contributed by atoms with Gasteiger partial charge in [0.1, 0.15) is 12.2 Å². The smallest absolute Gasteiger partial charge is 0.289 e. The lowest BCUT2D eigenvalue weighted by molar-refractivity contribution is -0.424. The van der Waals surface area contributed by atoms with Crippen molar-refractivity contribution in [3.05, 3.63) is 45.6 Å². The van der Waals surface area contributed by atoms with Crippen LogP contribution in [0.25, 0.3) is 5.70 Å². The number of nitrogens with two attached hydrogens (primary N) is 1. The van der Waals surface area contributed by atoms with Crippen molar-refractivity contribution in [3.8, 4) is 0 Å². The molecule has 2 rings (SSSR count). The molecule has 0 atom stereocenters. The average Bonchev–Trinajstić information content (AvgIpc) is 2.41. The number of anilines is 1. The van der Waals surface area contributed by atoms with E-state index in [1.54, 1.807) is 3.93 Å². The molecule has 0 aliphatic carbocycles. The van der Waals surface area contributed by atoms with Gasteiger partial charge in [0.05, 0.1) is 26.8 Å². The standard InChI is InChI=1S/C12H15BrN4O2/c13-16-8-11(17(18)19)12(15-7-3-6-14)9-4-1-2-5-10(9)16/h1-2,4-5,15H,3,6-8,14H2. The second-order valence-corrected chi connectivity index (χ2v) is 5.04. The quantitative estimate of drug-likeness (QED) is 0.372. The van der Waals surface area contributed by atoms with E-state index in [0.717, 1.165) is 17.7 Å². The Kier molecular flexibility index (Phi) is 4.39. The van der Waals surface area contributed by atoms with Crippen molar-refractivity contribution in [1.82, 2.24) is 5.32 Å². The molecule has 19 heavy (non-hydrogen) atoms. The maximum atomic E-state index is 11.2. The lowest BCUT2D eigenvalue weighted by atomic mass is 10.0. The maximum Gasteiger partial charge on any atom is 0.289 e. The largest absolute Gasteiger partial charge is 0.379 e. The number of nitrogens with one attached hydrogen (secondary N) is 1. The van der Waals surface area contributed by atoms with Crippen molar-refractivity contribution < 1.29 is 4.92 Å². The molecule has 1 aliphatic rings. The first-order valence-corrected chi connectivity index (χ1v) is 6.70. The van der Waals surface area contributed by atoms with Crippen LogP contribution in [0.1, 0.15) is 12.0 Å². The van der Waals surface area contributed by atoms with Crippen molar-refractivity contribution >= 4 is 27.5 Å². The predicted molar refractivity (Wildman–Crippen MR) is 78.3 cm³/mol. The predicted octanol–water partition coefficient (Wildman–Crippen LogP) is 1.70. The number of fused-ring (bicyclic) bond motifs is 1. The Labute approximate surface area is 119 Å². The number of hydrogen-bond donors (Lipinski definition) is 2. The normalized spacial score (nSPS) is 14.3. The van der Waals surface area contributed by atoms with Gasteiger partial charge in [-0.15, -0.1) is 0 Å². The molecule has 0 saturated heterocycles. The number of nitrogens with zero attached hydrogens (tertiary/aromatic N) is 2. The zero-order chi connectivity index (χ0) is 13.8. The molecule has 6 nitrogen and oxygen atoms in total. The fourth-order valence-electron chi connectivity index (χ4n) is 2.01. The Hall–Kier alpha value is -1.60. The molecule has 0 fully saturated rings. The highest BCUT2D eigenvalue weighted by atomic mass is 79.9. The van der Waals surface area contributed by atoms with Crippen LogP contribution in [0.15, 0.2) is 30.0 Å². The monoisotopic (exact) mass is 326 g/mol. The first kappa shape index (κ1) is 13.8. The van der Waals surface area contributed by atoms with Gasteiger partial charge in [0.25, 0.3) is 5.70 Å².